The zero-order valence-electron chi connectivity index (χ0n) is 15.0. The molecule has 0 aliphatic rings. The van der Waals surface area contributed by atoms with E-state index in [9.17, 15) is 17.6 Å². The van der Waals surface area contributed by atoms with Crippen LogP contribution >= 0.6 is 0 Å². The molecular weight excluding hydrogens is 376 g/mol. The van der Waals surface area contributed by atoms with E-state index in [0.717, 1.165) is 29.5 Å². The summed E-state index contributed by atoms with van der Waals surface area (Å²) in [5, 5.41) is 9.05. The zero-order chi connectivity index (χ0) is 20.4. The Labute approximate surface area is 157 Å². The quantitative estimate of drug-likeness (QED) is 0.399. The van der Waals surface area contributed by atoms with E-state index in [1.54, 1.807) is 11.5 Å². The maximum Gasteiger partial charge on any atom is 0.232 e. The molecule has 0 saturated heterocycles. The average Bonchev–Trinajstić information content (AvgIpc) is 2.64. The maximum absolute atomic E-state index is 14.1. The Morgan fingerprint density at radius 3 is 2.36 bits per heavy atom. The third-order valence-electron chi connectivity index (χ3n) is 4.05. The van der Waals surface area contributed by atoms with Crippen molar-refractivity contribution < 1.29 is 22.8 Å². The summed E-state index contributed by atoms with van der Waals surface area (Å²) >= 11 is 0. The summed E-state index contributed by atoms with van der Waals surface area (Å²) < 4.78 is 55.5. The van der Waals surface area contributed by atoms with Crippen molar-refractivity contribution in [2.45, 2.75) is 20.4 Å². The van der Waals surface area contributed by atoms with Gasteiger partial charge in [-0.2, -0.15) is 4.98 Å². The van der Waals surface area contributed by atoms with Crippen LogP contribution in [0.2, 0.25) is 0 Å². The molecule has 5 nitrogen and oxygen atoms in total. The number of aromatic nitrogens is 2. The third kappa shape index (κ3) is 4.04. The molecular formula is C19H16F4N4O. The second-order valence-electron chi connectivity index (χ2n) is 6.25. The van der Waals surface area contributed by atoms with Gasteiger partial charge in [-0.3, -0.25) is 5.21 Å². The van der Waals surface area contributed by atoms with Crippen molar-refractivity contribution in [1.82, 2.24) is 9.55 Å². The van der Waals surface area contributed by atoms with Gasteiger partial charge in [-0.1, -0.05) is 12.1 Å². The molecule has 0 spiro atoms. The second-order valence-corrected chi connectivity index (χ2v) is 6.25. The summed E-state index contributed by atoms with van der Waals surface area (Å²) in [6.45, 7) is 3.46. The Hall–Kier alpha value is -3.20. The number of anilines is 1. The van der Waals surface area contributed by atoms with Gasteiger partial charge in [0, 0.05) is 6.20 Å². The van der Waals surface area contributed by atoms with Crippen LogP contribution in [0.5, 0.6) is 0 Å². The second kappa shape index (κ2) is 7.81. The Bertz CT molecular complexity index is 1090. The molecule has 0 radical (unpaired) electrons. The fraction of sp³-hybridized carbons (Fsp3) is 0.158. The van der Waals surface area contributed by atoms with Gasteiger partial charge >= 0.3 is 0 Å². The van der Waals surface area contributed by atoms with Gasteiger partial charge in [0.2, 0.25) is 5.62 Å². The summed E-state index contributed by atoms with van der Waals surface area (Å²) in [7, 11) is 0. The van der Waals surface area contributed by atoms with Crippen molar-refractivity contribution in [3.63, 3.8) is 0 Å². The van der Waals surface area contributed by atoms with Gasteiger partial charge in [-0.15, -0.1) is 0 Å². The van der Waals surface area contributed by atoms with Gasteiger partial charge in [0.25, 0.3) is 0 Å². The van der Waals surface area contributed by atoms with E-state index >= 15 is 0 Å². The molecule has 3 rings (SSSR count). The van der Waals surface area contributed by atoms with Crippen LogP contribution in [0.3, 0.4) is 0 Å². The predicted octanol–water partition coefficient (Wildman–Crippen LogP) is 4.14. The van der Waals surface area contributed by atoms with Crippen molar-refractivity contribution >= 4 is 11.5 Å². The highest BCUT2D eigenvalue weighted by atomic mass is 19.2. The standard InChI is InChI=1S/C19H16F4N4O/c1-10-3-4-11(2)16(5-10)24-19-25-18(26-28)15(22)9-27(19)8-12-6-13(20)17(23)14(21)7-12/h3-7,9,28H,8H2,1-2H3,(H,24,25,26). The van der Waals surface area contributed by atoms with Gasteiger partial charge in [0.1, 0.15) is 0 Å². The van der Waals surface area contributed by atoms with Gasteiger partial charge in [0.05, 0.1) is 12.2 Å². The van der Waals surface area contributed by atoms with E-state index in [4.69, 9.17) is 5.21 Å². The van der Waals surface area contributed by atoms with Crippen LogP contribution in [0, 0.1) is 37.1 Å². The van der Waals surface area contributed by atoms with Crippen molar-refractivity contribution in [3.8, 4) is 0 Å². The Morgan fingerprint density at radius 2 is 1.71 bits per heavy atom. The molecule has 0 amide bonds. The highest BCUT2D eigenvalue weighted by molar-refractivity contribution is 5.47. The van der Waals surface area contributed by atoms with Crippen molar-refractivity contribution in [2.75, 3.05) is 5.48 Å². The van der Waals surface area contributed by atoms with Crippen LogP contribution in [-0.4, -0.2) is 14.8 Å². The van der Waals surface area contributed by atoms with Crippen molar-refractivity contribution in [2.24, 2.45) is 4.99 Å². The van der Waals surface area contributed by atoms with Crippen molar-refractivity contribution in [3.05, 3.63) is 82.1 Å². The molecule has 2 N–H and O–H groups in total. The minimum Gasteiger partial charge on any atom is -0.310 e. The summed E-state index contributed by atoms with van der Waals surface area (Å²) in [5.41, 5.74) is 3.95. The first-order chi connectivity index (χ1) is 13.3. The first-order valence-electron chi connectivity index (χ1n) is 8.21. The van der Waals surface area contributed by atoms with Crippen LogP contribution < -0.4 is 11.1 Å². The Kier molecular flexibility index (Phi) is 5.46. The lowest BCUT2D eigenvalue weighted by atomic mass is 10.1. The van der Waals surface area contributed by atoms with E-state index in [2.05, 4.69) is 9.98 Å². The van der Waals surface area contributed by atoms with Crippen LogP contribution in [0.25, 0.3) is 0 Å². The zero-order valence-corrected chi connectivity index (χ0v) is 15.0. The normalized spacial score (nSPS) is 11.8. The number of nitrogens with zero attached hydrogens (tertiary/aromatic N) is 3. The molecule has 0 aliphatic heterocycles. The molecule has 0 atom stereocenters. The third-order valence-corrected chi connectivity index (χ3v) is 4.05. The predicted molar refractivity (Wildman–Crippen MR) is 94.2 cm³/mol. The topological polar surface area (TPSA) is 62.4 Å². The Balaban J connectivity index is 2.17. The number of halogens is 4. The fourth-order valence-corrected chi connectivity index (χ4v) is 2.60. The van der Waals surface area contributed by atoms with Crippen LogP contribution in [0.1, 0.15) is 16.7 Å². The molecule has 1 heterocycles. The molecule has 28 heavy (non-hydrogen) atoms. The highest BCUT2D eigenvalue weighted by Gasteiger charge is 2.13. The van der Waals surface area contributed by atoms with Crippen LogP contribution in [-0.2, 0) is 6.54 Å². The summed E-state index contributed by atoms with van der Waals surface area (Å²) in [5.74, 6) is -5.67. The molecule has 9 heteroatoms. The molecule has 2 aromatic carbocycles. The number of nitrogens with one attached hydrogen (secondary N) is 1. The smallest absolute Gasteiger partial charge is 0.232 e. The maximum atomic E-state index is 14.1. The van der Waals surface area contributed by atoms with Crippen LogP contribution in [0.15, 0.2) is 41.5 Å². The number of hydrogen-bond donors (Lipinski definition) is 2. The average molecular weight is 392 g/mol. The molecule has 146 valence electrons. The monoisotopic (exact) mass is 392 g/mol. The molecule has 1 aromatic heterocycles. The first kappa shape index (κ1) is 19.6. The van der Waals surface area contributed by atoms with E-state index in [1.165, 1.54) is 4.57 Å². The summed E-state index contributed by atoms with van der Waals surface area (Å²) in [4.78, 5) is 8.30. The largest absolute Gasteiger partial charge is 0.310 e. The lowest BCUT2D eigenvalue weighted by Crippen LogP contribution is -2.26. The van der Waals surface area contributed by atoms with E-state index in [1.807, 2.05) is 26.0 Å². The minimum absolute atomic E-state index is 0.0307. The molecule has 0 saturated carbocycles. The number of rotatable bonds is 4. The van der Waals surface area contributed by atoms with E-state index in [-0.39, 0.29) is 17.7 Å². The highest BCUT2D eigenvalue weighted by Crippen LogP contribution is 2.19. The fourth-order valence-electron chi connectivity index (χ4n) is 2.60. The minimum atomic E-state index is -1.59. The van der Waals surface area contributed by atoms with Crippen molar-refractivity contribution in [1.29, 1.82) is 0 Å². The van der Waals surface area contributed by atoms with E-state index < -0.39 is 29.1 Å². The Morgan fingerprint density at radius 1 is 1.04 bits per heavy atom. The van der Waals surface area contributed by atoms with Gasteiger partial charge in [-0.05, 0) is 48.7 Å². The number of hydrogen-bond acceptors (Lipinski definition) is 4. The van der Waals surface area contributed by atoms with Gasteiger partial charge in [-0.25, -0.2) is 28.0 Å². The van der Waals surface area contributed by atoms with E-state index in [0.29, 0.717) is 5.69 Å². The number of benzene rings is 2. The molecule has 0 aliphatic carbocycles. The van der Waals surface area contributed by atoms with Gasteiger partial charge in [0.15, 0.2) is 29.1 Å². The first-order valence-corrected chi connectivity index (χ1v) is 8.21. The summed E-state index contributed by atoms with van der Waals surface area (Å²) in [6.07, 6.45) is 0.967. The van der Waals surface area contributed by atoms with Gasteiger partial charge < -0.3 is 4.57 Å². The number of aryl methyl sites for hydroxylation is 2. The summed E-state index contributed by atoms with van der Waals surface area (Å²) in [6, 6.07) is 7.14. The molecule has 0 fully saturated rings. The SMILES string of the molecule is Cc1ccc(C)c(N=c2nc(NO)c(F)cn2Cc2cc(F)c(F)c(F)c2)c1. The lowest BCUT2D eigenvalue weighted by Gasteiger charge is -2.11. The van der Waals surface area contributed by atoms with Crippen LogP contribution in [0.4, 0.5) is 29.1 Å². The lowest BCUT2D eigenvalue weighted by molar-refractivity contribution is 0.378. The molecule has 0 unspecified atom stereocenters. The molecule has 3 aromatic rings. The molecule has 0 bridgehead atoms.